The SMILES string of the molecule is CC(=O)CC(C)n1cc(C#N)cn1. The van der Waals surface area contributed by atoms with Crippen LogP contribution < -0.4 is 0 Å². The molecule has 1 unspecified atom stereocenters. The predicted octanol–water partition coefficient (Wildman–Crippen LogP) is 1.29. The maximum atomic E-state index is 10.8. The number of hydrogen-bond donors (Lipinski definition) is 0. The first-order valence-corrected chi connectivity index (χ1v) is 4.07. The minimum Gasteiger partial charge on any atom is -0.300 e. The van der Waals surface area contributed by atoms with E-state index in [4.69, 9.17) is 5.26 Å². The molecule has 1 aromatic rings. The number of ketones is 1. The van der Waals surface area contributed by atoms with Crippen LogP contribution in [-0.4, -0.2) is 15.6 Å². The summed E-state index contributed by atoms with van der Waals surface area (Å²) in [5.41, 5.74) is 0.524. The Morgan fingerprint density at radius 3 is 3.00 bits per heavy atom. The third kappa shape index (κ3) is 2.41. The van der Waals surface area contributed by atoms with Crippen LogP contribution in [0.5, 0.6) is 0 Å². The van der Waals surface area contributed by atoms with E-state index >= 15 is 0 Å². The van der Waals surface area contributed by atoms with E-state index in [2.05, 4.69) is 5.10 Å². The molecule has 0 aliphatic carbocycles. The normalized spacial score (nSPS) is 12.1. The first-order chi connectivity index (χ1) is 6.13. The van der Waals surface area contributed by atoms with Crippen molar-refractivity contribution in [2.24, 2.45) is 0 Å². The highest BCUT2D eigenvalue weighted by Gasteiger charge is 2.08. The standard InChI is InChI=1S/C9H11N3O/c1-7(3-8(2)13)12-6-9(4-10)5-11-12/h5-7H,3H2,1-2H3. The van der Waals surface area contributed by atoms with Gasteiger partial charge in [0.1, 0.15) is 11.9 Å². The Morgan fingerprint density at radius 1 is 1.85 bits per heavy atom. The number of Topliss-reactive ketones (excluding diaryl/α,β-unsaturated/α-hetero) is 1. The fraction of sp³-hybridized carbons (Fsp3) is 0.444. The highest BCUT2D eigenvalue weighted by Crippen LogP contribution is 2.10. The average molecular weight is 177 g/mol. The van der Waals surface area contributed by atoms with Crippen molar-refractivity contribution in [2.75, 3.05) is 0 Å². The number of hydrogen-bond acceptors (Lipinski definition) is 3. The lowest BCUT2D eigenvalue weighted by Gasteiger charge is -2.08. The Balaban J connectivity index is 2.72. The molecule has 0 aliphatic heterocycles. The molecule has 1 heterocycles. The highest BCUT2D eigenvalue weighted by molar-refractivity contribution is 5.75. The fourth-order valence-corrected chi connectivity index (χ4v) is 1.15. The second-order valence-electron chi connectivity index (χ2n) is 3.08. The van der Waals surface area contributed by atoms with Crippen LogP contribution in [0.1, 0.15) is 31.9 Å². The van der Waals surface area contributed by atoms with Crippen molar-refractivity contribution in [1.29, 1.82) is 5.26 Å². The summed E-state index contributed by atoms with van der Waals surface area (Å²) < 4.78 is 1.64. The maximum Gasteiger partial charge on any atom is 0.131 e. The molecular formula is C9H11N3O. The Bertz CT molecular complexity index is 348. The van der Waals surface area contributed by atoms with E-state index in [1.54, 1.807) is 17.8 Å². The van der Waals surface area contributed by atoms with Gasteiger partial charge in [-0.15, -0.1) is 0 Å². The first kappa shape index (κ1) is 9.46. The van der Waals surface area contributed by atoms with Crippen LogP contribution >= 0.6 is 0 Å². The molecule has 4 heteroatoms. The molecule has 0 aromatic carbocycles. The van der Waals surface area contributed by atoms with Gasteiger partial charge in [-0.05, 0) is 13.8 Å². The Labute approximate surface area is 76.8 Å². The van der Waals surface area contributed by atoms with Gasteiger partial charge in [0.25, 0.3) is 0 Å². The van der Waals surface area contributed by atoms with E-state index in [0.717, 1.165) is 0 Å². The van der Waals surface area contributed by atoms with Gasteiger partial charge in [-0.2, -0.15) is 10.4 Å². The van der Waals surface area contributed by atoms with Crippen molar-refractivity contribution >= 4 is 5.78 Å². The fourth-order valence-electron chi connectivity index (χ4n) is 1.15. The van der Waals surface area contributed by atoms with Gasteiger partial charge in [-0.3, -0.25) is 9.48 Å². The van der Waals surface area contributed by atoms with E-state index in [1.165, 1.54) is 6.20 Å². The summed E-state index contributed by atoms with van der Waals surface area (Å²) >= 11 is 0. The third-order valence-electron chi connectivity index (χ3n) is 1.77. The van der Waals surface area contributed by atoms with Crippen LogP contribution in [0.2, 0.25) is 0 Å². The summed E-state index contributed by atoms with van der Waals surface area (Å²) in [7, 11) is 0. The second-order valence-corrected chi connectivity index (χ2v) is 3.08. The molecule has 0 bridgehead atoms. The lowest BCUT2D eigenvalue weighted by atomic mass is 10.2. The molecule has 1 atom stereocenters. The quantitative estimate of drug-likeness (QED) is 0.699. The minimum absolute atomic E-state index is 0.0274. The van der Waals surface area contributed by atoms with E-state index in [9.17, 15) is 4.79 Å². The number of nitriles is 1. The van der Waals surface area contributed by atoms with Crippen LogP contribution in [0, 0.1) is 11.3 Å². The summed E-state index contributed by atoms with van der Waals surface area (Å²) in [5.74, 6) is 0.126. The molecule has 4 nitrogen and oxygen atoms in total. The highest BCUT2D eigenvalue weighted by atomic mass is 16.1. The van der Waals surface area contributed by atoms with E-state index in [1.807, 2.05) is 13.0 Å². The molecule has 0 radical (unpaired) electrons. The minimum atomic E-state index is 0.0274. The molecule has 0 spiro atoms. The molecule has 13 heavy (non-hydrogen) atoms. The summed E-state index contributed by atoms with van der Waals surface area (Å²) in [4.78, 5) is 10.8. The monoisotopic (exact) mass is 177 g/mol. The van der Waals surface area contributed by atoms with Gasteiger partial charge in [0.2, 0.25) is 0 Å². The van der Waals surface area contributed by atoms with E-state index < -0.39 is 0 Å². The zero-order valence-corrected chi connectivity index (χ0v) is 7.69. The van der Waals surface area contributed by atoms with Gasteiger partial charge in [-0.25, -0.2) is 0 Å². The number of carbonyl (C=O) groups excluding carboxylic acids is 1. The molecule has 0 aliphatic rings. The van der Waals surface area contributed by atoms with Gasteiger partial charge >= 0.3 is 0 Å². The number of rotatable bonds is 3. The Kier molecular flexibility index (Phi) is 2.80. The topological polar surface area (TPSA) is 58.7 Å². The number of carbonyl (C=O) groups is 1. The van der Waals surface area contributed by atoms with Crippen LogP contribution in [0.25, 0.3) is 0 Å². The zero-order chi connectivity index (χ0) is 9.84. The summed E-state index contributed by atoms with van der Waals surface area (Å²) in [5, 5.41) is 12.5. The zero-order valence-electron chi connectivity index (χ0n) is 7.69. The molecule has 0 N–H and O–H groups in total. The molecule has 1 rings (SSSR count). The van der Waals surface area contributed by atoms with Crippen LogP contribution in [0.3, 0.4) is 0 Å². The third-order valence-corrected chi connectivity index (χ3v) is 1.77. The van der Waals surface area contributed by atoms with Crippen molar-refractivity contribution in [3.63, 3.8) is 0 Å². The lowest BCUT2D eigenvalue weighted by molar-refractivity contribution is -0.117. The van der Waals surface area contributed by atoms with Gasteiger partial charge < -0.3 is 0 Å². The molecule has 0 amide bonds. The summed E-state index contributed by atoms with van der Waals surface area (Å²) in [6, 6.07) is 2.01. The van der Waals surface area contributed by atoms with E-state index in [-0.39, 0.29) is 11.8 Å². The first-order valence-electron chi connectivity index (χ1n) is 4.07. The molecule has 68 valence electrons. The predicted molar refractivity (Wildman–Crippen MR) is 47.0 cm³/mol. The number of aromatic nitrogens is 2. The Morgan fingerprint density at radius 2 is 2.54 bits per heavy atom. The van der Waals surface area contributed by atoms with Gasteiger partial charge in [0.05, 0.1) is 17.8 Å². The van der Waals surface area contributed by atoms with Crippen molar-refractivity contribution in [3.05, 3.63) is 18.0 Å². The van der Waals surface area contributed by atoms with Crippen molar-refractivity contribution in [1.82, 2.24) is 9.78 Å². The van der Waals surface area contributed by atoms with Crippen LogP contribution in [0.4, 0.5) is 0 Å². The van der Waals surface area contributed by atoms with Crippen molar-refractivity contribution in [2.45, 2.75) is 26.3 Å². The van der Waals surface area contributed by atoms with Gasteiger partial charge in [0, 0.05) is 12.6 Å². The largest absolute Gasteiger partial charge is 0.300 e. The lowest BCUT2D eigenvalue weighted by Crippen LogP contribution is -2.09. The van der Waals surface area contributed by atoms with Gasteiger partial charge in [0.15, 0.2) is 0 Å². The molecule has 0 saturated heterocycles. The van der Waals surface area contributed by atoms with Crippen molar-refractivity contribution in [3.8, 4) is 6.07 Å². The average Bonchev–Trinajstić information content (AvgIpc) is 2.50. The van der Waals surface area contributed by atoms with Crippen LogP contribution in [-0.2, 0) is 4.79 Å². The van der Waals surface area contributed by atoms with E-state index in [0.29, 0.717) is 12.0 Å². The summed E-state index contributed by atoms with van der Waals surface area (Å²) in [6.07, 6.45) is 3.59. The van der Waals surface area contributed by atoms with Crippen LogP contribution in [0.15, 0.2) is 12.4 Å². The second kappa shape index (κ2) is 3.85. The molecular weight excluding hydrogens is 166 g/mol. The number of nitrogens with zero attached hydrogens (tertiary/aromatic N) is 3. The Hall–Kier alpha value is -1.63. The van der Waals surface area contributed by atoms with Gasteiger partial charge in [-0.1, -0.05) is 0 Å². The molecule has 0 saturated carbocycles. The smallest absolute Gasteiger partial charge is 0.131 e. The van der Waals surface area contributed by atoms with Crippen molar-refractivity contribution < 1.29 is 4.79 Å². The maximum absolute atomic E-state index is 10.8. The molecule has 0 fully saturated rings. The summed E-state index contributed by atoms with van der Waals surface area (Å²) in [6.45, 7) is 3.45. The molecule has 1 aromatic heterocycles.